The van der Waals surface area contributed by atoms with Crippen LogP contribution in [0.5, 0.6) is 0 Å². The van der Waals surface area contributed by atoms with Crippen LogP contribution in [0.15, 0.2) is 44.2 Å². The van der Waals surface area contributed by atoms with Crippen molar-refractivity contribution in [3.8, 4) is 11.1 Å². The third-order valence-electron chi connectivity index (χ3n) is 7.07. The molecule has 2 aliphatic rings. The Morgan fingerprint density at radius 2 is 0.792 bits per heavy atom. The molecule has 0 saturated heterocycles. The van der Waals surface area contributed by atoms with E-state index < -0.39 is 0 Å². The molecule has 2 aromatic heterocycles. The molecular weight excluding hydrogens is 784 g/mol. The molecule has 10 nitrogen and oxygen atoms in total. The third kappa shape index (κ3) is 16.4. The van der Waals surface area contributed by atoms with Crippen LogP contribution in [0.4, 0.5) is 0 Å². The van der Waals surface area contributed by atoms with Gasteiger partial charge in [0, 0.05) is 0 Å². The summed E-state index contributed by atoms with van der Waals surface area (Å²) in [5.41, 5.74) is 8.56. The van der Waals surface area contributed by atoms with E-state index in [1.807, 2.05) is 41.5 Å². The molecule has 2 atom stereocenters. The number of fused-ring (bicyclic) bond motifs is 4. The number of pyridine rings is 2. The van der Waals surface area contributed by atoms with Gasteiger partial charge in [0.15, 0.2) is 0 Å². The molecule has 268 valence electrons. The van der Waals surface area contributed by atoms with Crippen molar-refractivity contribution in [3.63, 3.8) is 0 Å². The van der Waals surface area contributed by atoms with E-state index >= 15 is 0 Å². The standard InChI is InChI=1S/C32H44N6O4.4ClH.2Mn/c1-21-19-35-25(5)31-17-27(15-29(37-31)23(3)33-7-9-39-11-13-41-21)28-16-30-24(4)34-8-10-40-12-14-42-22(2)20-36-26(6)32(18-28)38-30;;;;;;/h15-18,21-22H,7-14,19-20H2,1-6H3;4*1H;;/q;;;;;2*+2/p-4. The quantitative estimate of drug-likeness (QED) is 0.265. The first-order valence-corrected chi connectivity index (χ1v) is 14.8. The van der Waals surface area contributed by atoms with Crippen molar-refractivity contribution in [2.24, 2.45) is 20.0 Å². The van der Waals surface area contributed by atoms with E-state index in [-0.39, 0.29) is 96.0 Å². The number of hydrogen-bond donors (Lipinski definition) is 0. The molecule has 2 aromatic rings. The Kier molecular flexibility index (Phi) is 28.7. The van der Waals surface area contributed by atoms with Crippen LogP contribution in [0.3, 0.4) is 0 Å². The van der Waals surface area contributed by atoms with Crippen LogP contribution in [0.1, 0.15) is 64.3 Å². The van der Waals surface area contributed by atoms with Crippen LogP contribution in [0, 0.1) is 0 Å². The summed E-state index contributed by atoms with van der Waals surface area (Å²) in [6.45, 7) is 17.4. The number of hydrogen-bond acceptors (Lipinski definition) is 10. The van der Waals surface area contributed by atoms with Gasteiger partial charge in [0.2, 0.25) is 0 Å². The molecule has 0 N–H and O–H groups in total. The largest absolute Gasteiger partial charge is 2.00 e. The van der Waals surface area contributed by atoms with Crippen molar-refractivity contribution in [2.75, 3.05) is 65.8 Å². The molecule has 4 bridgehead atoms. The van der Waals surface area contributed by atoms with Gasteiger partial charge in [0.05, 0.1) is 124 Å². The van der Waals surface area contributed by atoms with E-state index in [0.717, 1.165) is 56.7 Å². The smallest absolute Gasteiger partial charge is 1.00 e. The third-order valence-corrected chi connectivity index (χ3v) is 7.07. The van der Waals surface area contributed by atoms with Crippen LogP contribution in [0.2, 0.25) is 0 Å². The maximum Gasteiger partial charge on any atom is 2.00 e. The molecule has 0 amide bonds. The number of rotatable bonds is 1. The van der Waals surface area contributed by atoms with E-state index in [2.05, 4.69) is 24.3 Å². The first kappa shape index (κ1) is 51.4. The minimum absolute atomic E-state index is 0. The van der Waals surface area contributed by atoms with Crippen molar-refractivity contribution >= 4 is 22.8 Å². The first-order chi connectivity index (χ1) is 20.3. The predicted octanol–water partition coefficient (Wildman–Crippen LogP) is -7.74. The average Bonchev–Trinajstić information content (AvgIpc) is 3.00. The minimum atomic E-state index is -0.0210. The SMILES string of the molecule is CC1=NCCOCCOC(C)CN=C(C)c2cc(-c3cc4nc(c3)C(C)=NCC(C)OCCOCCN=C4C)cc1n2.[Cl-].[Cl-].[Cl-].[Cl-].[Mn+2].[Mn+2]. The summed E-state index contributed by atoms with van der Waals surface area (Å²) in [7, 11) is 0. The number of aromatic nitrogens is 2. The predicted molar refractivity (Wildman–Crippen MR) is 168 cm³/mol. The monoisotopic (exact) mass is 826 g/mol. The zero-order valence-corrected chi connectivity index (χ0v) is 33.5. The van der Waals surface area contributed by atoms with Gasteiger partial charge >= 0.3 is 34.1 Å². The van der Waals surface area contributed by atoms with E-state index in [1.165, 1.54) is 0 Å². The van der Waals surface area contributed by atoms with E-state index in [9.17, 15) is 0 Å². The van der Waals surface area contributed by atoms with Gasteiger partial charge in [-0.3, -0.25) is 20.0 Å². The Balaban J connectivity index is -0.00000337. The second-order valence-corrected chi connectivity index (χ2v) is 10.6. The second-order valence-electron chi connectivity index (χ2n) is 10.6. The molecule has 0 aliphatic carbocycles. The molecule has 4 rings (SSSR count). The average molecular weight is 828 g/mol. The molecular formula is C32H44Cl4Mn2N6O4. The van der Waals surface area contributed by atoms with Crippen molar-refractivity contribution in [1.82, 2.24) is 9.97 Å². The Morgan fingerprint density at radius 3 is 1.12 bits per heavy atom. The molecule has 48 heavy (non-hydrogen) atoms. The summed E-state index contributed by atoms with van der Waals surface area (Å²) < 4.78 is 23.1. The summed E-state index contributed by atoms with van der Waals surface area (Å²) >= 11 is 0. The van der Waals surface area contributed by atoms with Crippen LogP contribution < -0.4 is 49.6 Å². The molecule has 16 heteroatoms. The Hall–Kier alpha value is -0.981. The van der Waals surface area contributed by atoms with Crippen molar-refractivity contribution in [3.05, 3.63) is 47.0 Å². The van der Waals surface area contributed by atoms with Gasteiger partial charge in [0.1, 0.15) is 0 Å². The van der Waals surface area contributed by atoms with Crippen molar-refractivity contribution in [2.45, 2.75) is 53.8 Å². The summed E-state index contributed by atoms with van der Waals surface area (Å²) in [6, 6.07) is 8.32. The van der Waals surface area contributed by atoms with Crippen molar-refractivity contribution < 1.29 is 103 Å². The zero-order chi connectivity index (χ0) is 29.9. The Labute approximate surface area is 331 Å². The molecule has 0 saturated carbocycles. The molecule has 2 unspecified atom stereocenters. The van der Waals surface area contributed by atoms with Gasteiger partial charge < -0.3 is 68.6 Å². The first-order valence-electron chi connectivity index (χ1n) is 14.8. The molecule has 2 radical (unpaired) electrons. The molecule has 0 spiro atoms. The Morgan fingerprint density at radius 1 is 0.479 bits per heavy atom. The van der Waals surface area contributed by atoms with Gasteiger partial charge in [-0.1, -0.05) is 0 Å². The van der Waals surface area contributed by atoms with Crippen LogP contribution in [0.25, 0.3) is 11.1 Å². The number of aliphatic imine (C=N–C) groups is 4. The van der Waals surface area contributed by atoms with E-state index in [0.29, 0.717) is 65.8 Å². The molecule has 4 heterocycles. The number of ether oxygens (including phenoxy) is 4. The summed E-state index contributed by atoms with van der Waals surface area (Å²) in [4.78, 5) is 29.0. The van der Waals surface area contributed by atoms with E-state index in [4.69, 9.17) is 48.9 Å². The van der Waals surface area contributed by atoms with E-state index in [1.54, 1.807) is 0 Å². The summed E-state index contributed by atoms with van der Waals surface area (Å²) in [5, 5.41) is 0. The zero-order valence-electron chi connectivity index (χ0n) is 28.1. The molecule has 0 aromatic carbocycles. The second kappa shape index (κ2) is 26.8. The molecule has 2 aliphatic heterocycles. The van der Waals surface area contributed by atoms with Gasteiger partial charge in [-0.2, -0.15) is 0 Å². The summed E-state index contributed by atoms with van der Waals surface area (Å²) in [5.74, 6) is 0. The van der Waals surface area contributed by atoms with Gasteiger partial charge in [-0.25, -0.2) is 9.97 Å². The topological polar surface area (TPSA) is 112 Å². The van der Waals surface area contributed by atoms with Crippen LogP contribution in [-0.2, 0) is 53.1 Å². The van der Waals surface area contributed by atoms with Crippen molar-refractivity contribution in [1.29, 1.82) is 0 Å². The number of nitrogens with zero attached hydrogens (tertiary/aromatic N) is 6. The minimum Gasteiger partial charge on any atom is -1.00 e. The van der Waals surface area contributed by atoms with Crippen LogP contribution in [-0.4, -0.2) is 111 Å². The van der Waals surface area contributed by atoms with Crippen LogP contribution >= 0.6 is 0 Å². The van der Waals surface area contributed by atoms with Gasteiger partial charge in [0.25, 0.3) is 0 Å². The normalized spacial score (nSPS) is 19.5. The van der Waals surface area contributed by atoms with Gasteiger partial charge in [-0.15, -0.1) is 0 Å². The Bertz CT molecular complexity index is 1270. The fourth-order valence-electron chi connectivity index (χ4n) is 4.47. The fourth-order valence-corrected chi connectivity index (χ4v) is 4.47. The maximum absolute atomic E-state index is 5.85. The maximum atomic E-state index is 5.85. The fraction of sp³-hybridized carbons (Fsp3) is 0.562. The molecule has 0 fully saturated rings. The number of halogens is 4. The summed E-state index contributed by atoms with van der Waals surface area (Å²) in [6.07, 6.45) is -0.0420. The van der Waals surface area contributed by atoms with Gasteiger partial charge in [-0.05, 0) is 76.9 Å².